The predicted octanol–water partition coefficient (Wildman–Crippen LogP) is -0.205. The Balaban J connectivity index is 3.18. The summed E-state index contributed by atoms with van der Waals surface area (Å²) in [5, 5.41) is 11.4. The summed E-state index contributed by atoms with van der Waals surface area (Å²) >= 11 is 0. The van der Waals surface area contributed by atoms with Crippen LogP contribution in [-0.4, -0.2) is 62.9 Å². The van der Waals surface area contributed by atoms with Gasteiger partial charge in [-0.05, 0) is 14.1 Å². The topological polar surface area (TPSA) is 61.8 Å². The van der Waals surface area contributed by atoms with Crippen molar-refractivity contribution in [3.05, 3.63) is 12.2 Å². The lowest BCUT2D eigenvalue weighted by Crippen LogP contribution is -2.26. The third-order valence-electron chi connectivity index (χ3n) is 1.75. The number of carboxylic acids is 1. The third kappa shape index (κ3) is 9.40. The van der Waals surface area contributed by atoms with Crippen molar-refractivity contribution < 1.29 is 14.6 Å². The van der Waals surface area contributed by atoms with Gasteiger partial charge in [0.25, 0.3) is 0 Å². The van der Waals surface area contributed by atoms with Crippen molar-refractivity contribution in [2.45, 2.75) is 0 Å². The Morgan fingerprint density at radius 1 is 1.47 bits per heavy atom. The van der Waals surface area contributed by atoms with Gasteiger partial charge in [-0.2, -0.15) is 0 Å². The van der Waals surface area contributed by atoms with Gasteiger partial charge in [-0.1, -0.05) is 6.58 Å². The van der Waals surface area contributed by atoms with Gasteiger partial charge in [-0.3, -0.25) is 0 Å². The zero-order valence-corrected chi connectivity index (χ0v) is 9.45. The van der Waals surface area contributed by atoms with Crippen LogP contribution in [0.3, 0.4) is 0 Å². The molecule has 0 aliphatic rings. The van der Waals surface area contributed by atoms with E-state index in [2.05, 4.69) is 11.9 Å². The molecule has 0 rings (SSSR count). The summed E-state index contributed by atoms with van der Waals surface area (Å²) in [6, 6.07) is 0. The Bertz CT molecular complexity index is 205. The number of hydrogen-bond acceptors (Lipinski definition) is 4. The molecule has 0 aromatic carbocycles. The van der Waals surface area contributed by atoms with Crippen LogP contribution in [-0.2, 0) is 9.53 Å². The van der Waals surface area contributed by atoms with Crippen LogP contribution in [0.15, 0.2) is 12.2 Å². The van der Waals surface area contributed by atoms with Crippen LogP contribution in [0.25, 0.3) is 0 Å². The lowest BCUT2D eigenvalue weighted by molar-refractivity contribution is -0.132. The van der Waals surface area contributed by atoms with Gasteiger partial charge in [-0.15, -0.1) is 0 Å². The molecule has 88 valence electrons. The summed E-state index contributed by atoms with van der Waals surface area (Å²) in [4.78, 5) is 12.4. The SMILES string of the molecule is C=C(CNCCOCCN(C)C)C(=O)O. The van der Waals surface area contributed by atoms with Crippen LogP contribution in [0.2, 0.25) is 0 Å². The second kappa shape index (κ2) is 8.40. The number of aliphatic carboxylic acids is 1. The van der Waals surface area contributed by atoms with E-state index in [9.17, 15) is 4.79 Å². The minimum Gasteiger partial charge on any atom is -0.478 e. The second-order valence-electron chi connectivity index (χ2n) is 3.50. The quantitative estimate of drug-likeness (QED) is 0.413. The lowest BCUT2D eigenvalue weighted by atomic mass is 10.3. The average molecular weight is 216 g/mol. The van der Waals surface area contributed by atoms with Crippen molar-refractivity contribution in [1.82, 2.24) is 10.2 Å². The normalized spacial score (nSPS) is 10.6. The van der Waals surface area contributed by atoms with Gasteiger partial charge in [-0.25, -0.2) is 4.79 Å². The monoisotopic (exact) mass is 216 g/mol. The standard InChI is InChI=1S/C10H20N2O3/c1-9(10(13)14)8-11-4-6-15-7-5-12(2)3/h11H,1,4-8H2,2-3H3,(H,13,14). The molecule has 0 bridgehead atoms. The molecule has 0 aliphatic heterocycles. The fourth-order valence-corrected chi connectivity index (χ4v) is 0.808. The number of nitrogens with one attached hydrogen (secondary N) is 1. The molecule has 0 aromatic rings. The van der Waals surface area contributed by atoms with E-state index in [1.807, 2.05) is 19.0 Å². The van der Waals surface area contributed by atoms with Gasteiger partial charge < -0.3 is 20.1 Å². The number of hydrogen-bond donors (Lipinski definition) is 2. The predicted molar refractivity (Wildman–Crippen MR) is 59.0 cm³/mol. The zero-order chi connectivity index (χ0) is 11.7. The number of likely N-dealkylation sites (N-methyl/N-ethyl adjacent to an activating group) is 1. The number of carbonyl (C=O) groups is 1. The molecular formula is C10H20N2O3. The van der Waals surface area contributed by atoms with Gasteiger partial charge in [0.1, 0.15) is 0 Å². The van der Waals surface area contributed by atoms with Gasteiger partial charge in [0, 0.05) is 25.2 Å². The van der Waals surface area contributed by atoms with E-state index in [1.165, 1.54) is 0 Å². The van der Waals surface area contributed by atoms with Gasteiger partial charge in [0.2, 0.25) is 0 Å². The average Bonchev–Trinajstić information content (AvgIpc) is 2.15. The summed E-state index contributed by atoms with van der Waals surface area (Å²) in [5.74, 6) is -0.962. The van der Waals surface area contributed by atoms with Crippen molar-refractivity contribution in [3.8, 4) is 0 Å². The van der Waals surface area contributed by atoms with Crippen LogP contribution in [0.1, 0.15) is 0 Å². The van der Waals surface area contributed by atoms with Crippen LogP contribution >= 0.6 is 0 Å². The minimum absolute atomic E-state index is 0.170. The molecule has 0 aromatic heterocycles. The van der Waals surface area contributed by atoms with Crippen molar-refractivity contribution in [2.24, 2.45) is 0 Å². The Morgan fingerprint density at radius 2 is 2.13 bits per heavy atom. The highest BCUT2D eigenvalue weighted by Crippen LogP contribution is 1.85. The van der Waals surface area contributed by atoms with E-state index in [1.54, 1.807) is 0 Å². The van der Waals surface area contributed by atoms with Gasteiger partial charge >= 0.3 is 5.97 Å². The molecule has 0 atom stereocenters. The molecule has 0 spiro atoms. The van der Waals surface area contributed by atoms with E-state index in [4.69, 9.17) is 9.84 Å². The van der Waals surface area contributed by atoms with Crippen molar-refractivity contribution in [2.75, 3.05) is 46.9 Å². The van der Waals surface area contributed by atoms with E-state index < -0.39 is 5.97 Å². The Kier molecular flexibility index (Phi) is 7.89. The Labute approximate surface area is 90.7 Å². The Hall–Kier alpha value is -0.910. The van der Waals surface area contributed by atoms with Crippen molar-refractivity contribution >= 4 is 5.97 Å². The van der Waals surface area contributed by atoms with Crippen LogP contribution < -0.4 is 5.32 Å². The van der Waals surface area contributed by atoms with Gasteiger partial charge in [0.05, 0.1) is 13.2 Å². The molecule has 2 N–H and O–H groups in total. The van der Waals surface area contributed by atoms with Crippen LogP contribution in [0.4, 0.5) is 0 Å². The maximum absolute atomic E-state index is 10.4. The van der Waals surface area contributed by atoms with E-state index in [-0.39, 0.29) is 5.57 Å². The molecule has 15 heavy (non-hydrogen) atoms. The first-order valence-electron chi connectivity index (χ1n) is 4.88. The highest BCUT2D eigenvalue weighted by molar-refractivity contribution is 5.86. The summed E-state index contributed by atoms with van der Waals surface area (Å²) < 4.78 is 5.31. The number of nitrogens with zero attached hydrogens (tertiary/aromatic N) is 1. The second-order valence-corrected chi connectivity index (χ2v) is 3.50. The molecule has 0 fully saturated rings. The highest BCUT2D eigenvalue weighted by Gasteiger charge is 2.01. The smallest absolute Gasteiger partial charge is 0.332 e. The minimum atomic E-state index is -0.962. The first kappa shape index (κ1) is 14.1. The molecule has 0 amide bonds. The first-order chi connectivity index (χ1) is 7.04. The lowest BCUT2D eigenvalue weighted by Gasteiger charge is -2.10. The van der Waals surface area contributed by atoms with Crippen molar-refractivity contribution in [1.29, 1.82) is 0 Å². The van der Waals surface area contributed by atoms with Crippen LogP contribution in [0, 0.1) is 0 Å². The fraction of sp³-hybridized carbons (Fsp3) is 0.700. The molecule has 5 nitrogen and oxygen atoms in total. The van der Waals surface area contributed by atoms with Crippen molar-refractivity contribution in [3.63, 3.8) is 0 Å². The summed E-state index contributed by atoms with van der Waals surface area (Å²) in [7, 11) is 3.97. The summed E-state index contributed by atoms with van der Waals surface area (Å²) in [5.41, 5.74) is 0.170. The molecule has 0 saturated carbocycles. The number of rotatable bonds is 9. The molecule has 0 radical (unpaired) electrons. The van der Waals surface area contributed by atoms with Gasteiger partial charge in [0.15, 0.2) is 0 Å². The molecule has 5 heteroatoms. The van der Waals surface area contributed by atoms with E-state index in [0.29, 0.717) is 26.3 Å². The number of ether oxygens (including phenoxy) is 1. The van der Waals surface area contributed by atoms with E-state index in [0.717, 1.165) is 6.54 Å². The third-order valence-corrected chi connectivity index (χ3v) is 1.75. The maximum Gasteiger partial charge on any atom is 0.332 e. The summed E-state index contributed by atoms with van der Waals surface area (Å²) in [6.07, 6.45) is 0. The highest BCUT2D eigenvalue weighted by atomic mass is 16.5. The zero-order valence-electron chi connectivity index (χ0n) is 9.45. The summed E-state index contributed by atoms with van der Waals surface area (Å²) in [6.45, 7) is 6.50. The molecule has 0 saturated heterocycles. The maximum atomic E-state index is 10.4. The first-order valence-corrected chi connectivity index (χ1v) is 4.88. The van der Waals surface area contributed by atoms with Crippen LogP contribution in [0.5, 0.6) is 0 Å². The molecule has 0 unspecified atom stereocenters. The molecule has 0 aliphatic carbocycles. The number of carboxylic acid groups (broad SMARTS) is 1. The van der Waals surface area contributed by atoms with E-state index >= 15 is 0 Å². The molecular weight excluding hydrogens is 196 g/mol. The largest absolute Gasteiger partial charge is 0.478 e. The Morgan fingerprint density at radius 3 is 2.67 bits per heavy atom. The molecule has 0 heterocycles. The fourth-order valence-electron chi connectivity index (χ4n) is 0.808.